The maximum atomic E-state index is 12.9. The van der Waals surface area contributed by atoms with Crippen molar-refractivity contribution in [2.75, 3.05) is 23.3 Å². The third kappa shape index (κ3) is 4.33. The van der Waals surface area contributed by atoms with Crippen molar-refractivity contribution in [3.63, 3.8) is 0 Å². The van der Waals surface area contributed by atoms with Gasteiger partial charge in [-0.25, -0.2) is 4.98 Å². The van der Waals surface area contributed by atoms with E-state index in [1.807, 2.05) is 48.7 Å². The van der Waals surface area contributed by atoms with Crippen LogP contribution in [0.4, 0.5) is 11.5 Å². The maximum Gasteiger partial charge on any atom is 0.227 e. The van der Waals surface area contributed by atoms with Crippen LogP contribution in [0.2, 0.25) is 0 Å². The summed E-state index contributed by atoms with van der Waals surface area (Å²) in [6.07, 6.45) is 1.62. The number of aryl methyl sites for hydroxylation is 3. The lowest BCUT2D eigenvalue weighted by molar-refractivity contribution is -0.120. The number of anilines is 2. The van der Waals surface area contributed by atoms with Crippen LogP contribution in [0, 0.1) is 26.7 Å². The summed E-state index contributed by atoms with van der Waals surface area (Å²) in [5.41, 5.74) is 7.03. The first-order chi connectivity index (χ1) is 16.0. The fourth-order valence-electron chi connectivity index (χ4n) is 4.49. The molecule has 0 atom stereocenters. The Morgan fingerprint density at radius 2 is 1.70 bits per heavy atom. The van der Waals surface area contributed by atoms with Crippen molar-refractivity contribution in [1.82, 2.24) is 14.6 Å². The lowest BCUT2D eigenvalue weighted by Gasteiger charge is -2.33. The van der Waals surface area contributed by atoms with Gasteiger partial charge in [-0.1, -0.05) is 48.0 Å². The first-order valence-corrected chi connectivity index (χ1v) is 11.5. The highest BCUT2D eigenvalue weighted by molar-refractivity contribution is 5.93. The minimum atomic E-state index is 0.0139. The van der Waals surface area contributed by atoms with Gasteiger partial charge in [0.2, 0.25) is 5.91 Å². The number of amides is 1. The van der Waals surface area contributed by atoms with Crippen LogP contribution in [0.25, 0.3) is 16.9 Å². The standard InChI is InChI=1S/C27H29N5O/c1-18-8-10-21(11-9-18)24-17-25-28-20(3)16-26(32(25)30-24)31-14-12-22(13-15-31)27(33)29-23-7-5-4-6-19(23)2/h4-11,16-17,22H,12-15H2,1-3H3,(H,29,33). The van der Waals surface area contributed by atoms with Crippen LogP contribution in [0.1, 0.15) is 29.7 Å². The topological polar surface area (TPSA) is 62.5 Å². The van der Waals surface area contributed by atoms with Gasteiger partial charge in [0.15, 0.2) is 5.65 Å². The molecule has 1 fully saturated rings. The second-order valence-corrected chi connectivity index (χ2v) is 8.99. The van der Waals surface area contributed by atoms with Gasteiger partial charge < -0.3 is 10.2 Å². The van der Waals surface area contributed by atoms with Gasteiger partial charge in [0.25, 0.3) is 0 Å². The van der Waals surface area contributed by atoms with Gasteiger partial charge in [-0.15, -0.1) is 0 Å². The molecule has 6 heteroatoms. The smallest absolute Gasteiger partial charge is 0.227 e. The van der Waals surface area contributed by atoms with E-state index in [1.165, 1.54) is 5.56 Å². The van der Waals surface area contributed by atoms with Crippen LogP contribution >= 0.6 is 0 Å². The van der Waals surface area contributed by atoms with Gasteiger partial charge >= 0.3 is 0 Å². The van der Waals surface area contributed by atoms with Crippen molar-refractivity contribution in [2.24, 2.45) is 5.92 Å². The molecule has 3 heterocycles. The van der Waals surface area contributed by atoms with Gasteiger partial charge in [-0.3, -0.25) is 4.79 Å². The molecule has 0 unspecified atom stereocenters. The molecule has 2 aromatic carbocycles. The average molecular weight is 440 g/mol. The predicted molar refractivity (Wildman–Crippen MR) is 133 cm³/mol. The van der Waals surface area contributed by atoms with Crippen molar-refractivity contribution >= 4 is 23.1 Å². The molecule has 1 amide bonds. The number of fused-ring (bicyclic) bond motifs is 1. The molecule has 0 bridgehead atoms. The summed E-state index contributed by atoms with van der Waals surface area (Å²) >= 11 is 0. The second-order valence-electron chi connectivity index (χ2n) is 8.99. The summed E-state index contributed by atoms with van der Waals surface area (Å²) in [6, 6.07) is 20.5. The number of hydrogen-bond donors (Lipinski definition) is 1. The molecule has 33 heavy (non-hydrogen) atoms. The number of rotatable bonds is 4. The SMILES string of the molecule is Cc1ccc(-c2cc3nc(C)cc(N4CCC(C(=O)Nc5ccccc5C)CC4)n3n2)cc1. The molecule has 1 aliphatic rings. The number of carbonyl (C=O) groups is 1. The first kappa shape index (κ1) is 21.2. The number of benzene rings is 2. The normalized spacial score (nSPS) is 14.6. The summed E-state index contributed by atoms with van der Waals surface area (Å²) in [5, 5.41) is 8.00. The van der Waals surface area contributed by atoms with Crippen LogP contribution in [-0.4, -0.2) is 33.6 Å². The lowest BCUT2D eigenvalue weighted by Crippen LogP contribution is -2.39. The van der Waals surface area contributed by atoms with E-state index in [4.69, 9.17) is 10.1 Å². The number of hydrogen-bond acceptors (Lipinski definition) is 4. The minimum Gasteiger partial charge on any atom is -0.356 e. The molecule has 6 nitrogen and oxygen atoms in total. The van der Waals surface area contributed by atoms with E-state index in [9.17, 15) is 4.79 Å². The largest absolute Gasteiger partial charge is 0.356 e. The Labute approximate surface area is 194 Å². The Hall–Kier alpha value is -3.67. The number of piperidine rings is 1. The molecular formula is C27H29N5O. The van der Waals surface area contributed by atoms with Crippen LogP contribution in [0.3, 0.4) is 0 Å². The highest BCUT2D eigenvalue weighted by atomic mass is 16.1. The highest BCUT2D eigenvalue weighted by Crippen LogP contribution is 2.28. The maximum absolute atomic E-state index is 12.9. The van der Waals surface area contributed by atoms with Crippen molar-refractivity contribution in [3.05, 3.63) is 77.5 Å². The molecule has 0 radical (unpaired) electrons. The Bertz CT molecular complexity index is 1300. The van der Waals surface area contributed by atoms with E-state index in [2.05, 4.69) is 47.5 Å². The summed E-state index contributed by atoms with van der Waals surface area (Å²) in [7, 11) is 0. The van der Waals surface area contributed by atoms with Gasteiger partial charge in [0.1, 0.15) is 5.82 Å². The van der Waals surface area contributed by atoms with E-state index in [0.29, 0.717) is 0 Å². The Balaban J connectivity index is 1.34. The average Bonchev–Trinajstić information content (AvgIpc) is 3.24. The zero-order valence-corrected chi connectivity index (χ0v) is 19.4. The van der Waals surface area contributed by atoms with Crippen molar-refractivity contribution in [1.29, 1.82) is 0 Å². The molecule has 0 aliphatic carbocycles. The quantitative estimate of drug-likeness (QED) is 0.476. The summed E-state index contributed by atoms with van der Waals surface area (Å²) in [5.74, 6) is 1.16. The summed E-state index contributed by atoms with van der Waals surface area (Å²) in [6.45, 7) is 7.74. The Morgan fingerprint density at radius 1 is 0.970 bits per heavy atom. The van der Waals surface area contributed by atoms with Gasteiger partial charge in [-0.2, -0.15) is 9.61 Å². The molecule has 1 saturated heterocycles. The number of aromatic nitrogens is 3. The number of para-hydroxylation sites is 1. The Kier molecular flexibility index (Phi) is 5.58. The highest BCUT2D eigenvalue weighted by Gasteiger charge is 2.27. The van der Waals surface area contributed by atoms with Crippen molar-refractivity contribution in [2.45, 2.75) is 33.6 Å². The van der Waals surface area contributed by atoms with Crippen LogP contribution in [-0.2, 0) is 4.79 Å². The van der Waals surface area contributed by atoms with Gasteiger partial charge in [-0.05, 0) is 45.2 Å². The zero-order valence-electron chi connectivity index (χ0n) is 19.4. The van der Waals surface area contributed by atoms with Crippen LogP contribution in [0.5, 0.6) is 0 Å². The molecular weight excluding hydrogens is 410 g/mol. The number of nitrogens with one attached hydrogen (secondary N) is 1. The monoisotopic (exact) mass is 439 g/mol. The van der Waals surface area contributed by atoms with Crippen molar-refractivity contribution in [3.8, 4) is 11.3 Å². The molecule has 2 aromatic heterocycles. The van der Waals surface area contributed by atoms with Gasteiger partial charge in [0.05, 0.1) is 5.69 Å². The molecule has 1 aliphatic heterocycles. The van der Waals surface area contributed by atoms with Crippen LogP contribution in [0.15, 0.2) is 60.7 Å². The molecule has 4 aromatic rings. The predicted octanol–water partition coefficient (Wildman–Crippen LogP) is 5.18. The van der Waals surface area contributed by atoms with Crippen molar-refractivity contribution < 1.29 is 4.79 Å². The third-order valence-electron chi connectivity index (χ3n) is 6.48. The van der Waals surface area contributed by atoms with E-state index in [0.717, 1.165) is 65.6 Å². The molecule has 1 N–H and O–H groups in total. The fourth-order valence-corrected chi connectivity index (χ4v) is 4.49. The van der Waals surface area contributed by atoms with E-state index >= 15 is 0 Å². The van der Waals surface area contributed by atoms with Gasteiger partial charge in [0, 0.05) is 48.1 Å². The Morgan fingerprint density at radius 3 is 2.42 bits per heavy atom. The van der Waals surface area contributed by atoms with E-state index < -0.39 is 0 Å². The number of carbonyl (C=O) groups excluding carboxylic acids is 1. The van der Waals surface area contributed by atoms with Crippen LogP contribution < -0.4 is 10.2 Å². The summed E-state index contributed by atoms with van der Waals surface area (Å²) in [4.78, 5) is 19.9. The number of nitrogens with zero attached hydrogens (tertiary/aromatic N) is 4. The lowest BCUT2D eigenvalue weighted by atomic mass is 9.95. The van der Waals surface area contributed by atoms with E-state index in [1.54, 1.807) is 0 Å². The first-order valence-electron chi connectivity index (χ1n) is 11.5. The molecule has 0 saturated carbocycles. The van der Waals surface area contributed by atoms with E-state index in [-0.39, 0.29) is 11.8 Å². The zero-order chi connectivity index (χ0) is 22.9. The minimum absolute atomic E-state index is 0.0139. The molecule has 168 valence electrons. The third-order valence-corrected chi connectivity index (χ3v) is 6.48. The molecule has 0 spiro atoms. The summed E-state index contributed by atoms with van der Waals surface area (Å²) < 4.78 is 1.94. The molecule has 5 rings (SSSR count). The second kappa shape index (κ2) is 8.70. The fraction of sp³-hybridized carbons (Fsp3) is 0.296.